The quantitative estimate of drug-likeness (QED) is 0.827. The summed E-state index contributed by atoms with van der Waals surface area (Å²) in [7, 11) is 0. The van der Waals surface area contributed by atoms with Gasteiger partial charge >= 0.3 is 0 Å². The molecule has 1 aromatic carbocycles. The molecule has 1 fully saturated rings. The second-order valence-electron chi connectivity index (χ2n) is 5.31. The van der Waals surface area contributed by atoms with Crippen molar-refractivity contribution < 1.29 is 0 Å². The number of rotatable bonds is 3. The largest absolute Gasteiger partial charge is 0.358 e. The highest BCUT2D eigenvalue weighted by Gasteiger charge is 2.24. The maximum absolute atomic E-state index is 6.21. The van der Waals surface area contributed by atoms with Crippen LogP contribution >= 0.6 is 22.9 Å². The van der Waals surface area contributed by atoms with Crippen LogP contribution in [0.15, 0.2) is 18.2 Å². The first-order valence-corrected chi connectivity index (χ1v) is 8.29. The summed E-state index contributed by atoms with van der Waals surface area (Å²) in [5.74, 6) is 0.788. The molecule has 2 aromatic rings. The second-order valence-corrected chi connectivity index (χ2v) is 6.72. The monoisotopic (exact) mass is 294 g/mol. The lowest BCUT2D eigenvalue weighted by Gasteiger charge is -2.31. The third kappa shape index (κ3) is 2.72. The molecule has 1 heterocycles. The van der Waals surface area contributed by atoms with Crippen LogP contribution in [0.3, 0.4) is 0 Å². The Morgan fingerprint density at radius 1 is 1.37 bits per heavy atom. The van der Waals surface area contributed by atoms with Crippen molar-refractivity contribution in [1.29, 1.82) is 0 Å². The lowest BCUT2D eigenvalue weighted by atomic mass is 9.83. The van der Waals surface area contributed by atoms with Gasteiger partial charge in [-0.1, -0.05) is 55.2 Å². The molecule has 2 nitrogen and oxygen atoms in total. The fourth-order valence-corrected chi connectivity index (χ4v) is 4.24. The van der Waals surface area contributed by atoms with Crippen LogP contribution in [0.5, 0.6) is 0 Å². The highest BCUT2D eigenvalue weighted by Crippen LogP contribution is 2.35. The van der Waals surface area contributed by atoms with Gasteiger partial charge in [0.25, 0.3) is 0 Å². The summed E-state index contributed by atoms with van der Waals surface area (Å²) in [4.78, 5) is 4.66. The molecular formula is C15H19ClN2S. The molecule has 2 unspecified atom stereocenters. The number of hydrogen-bond acceptors (Lipinski definition) is 3. The molecule has 0 aliphatic heterocycles. The van der Waals surface area contributed by atoms with Crippen molar-refractivity contribution in [2.24, 2.45) is 5.92 Å². The molecule has 0 spiro atoms. The predicted molar refractivity (Wildman–Crippen MR) is 84.3 cm³/mol. The SMILES string of the molecule is CCC1CCCCC1Nc1nc2cccc(Cl)c2s1. The van der Waals surface area contributed by atoms with Gasteiger partial charge in [0.2, 0.25) is 0 Å². The van der Waals surface area contributed by atoms with Gasteiger partial charge in [0.05, 0.1) is 15.2 Å². The van der Waals surface area contributed by atoms with E-state index in [1.807, 2.05) is 18.2 Å². The summed E-state index contributed by atoms with van der Waals surface area (Å²) >= 11 is 7.89. The van der Waals surface area contributed by atoms with E-state index in [0.717, 1.165) is 26.3 Å². The van der Waals surface area contributed by atoms with Crippen LogP contribution in [0.4, 0.5) is 5.13 Å². The van der Waals surface area contributed by atoms with E-state index in [1.54, 1.807) is 11.3 Å². The third-order valence-corrected chi connectivity index (χ3v) is 5.57. The molecule has 102 valence electrons. The van der Waals surface area contributed by atoms with E-state index < -0.39 is 0 Å². The van der Waals surface area contributed by atoms with Gasteiger partial charge < -0.3 is 5.32 Å². The topological polar surface area (TPSA) is 24.9 Å². The van der Waals surface area contributed by atoms with Gasteiger partial charge in [-0.3, -0.25) is 0 Å². The molecule has 4 heteroatoms. The normalized spacial score (nSPS) is 23.7. The summed E-state index contributed by atoms with van der Waals surface area (Å²) in [5.41, 5.74) is 1.00. The number of aromatic nitrogens is 1. The lowest BCUT2D eigenvalue weighted by molar-refractivity contribution is 0.317. The Balaban J connectivity index is 1.82. The molecule has 0 bridgehead atoms. The molecule has 2 atom stereocenters. The van der Waals surface area contributed by atoms with Crippen LogP contribution in [0.25, 0.3) is 10.2 Å². The standard InChI is InChI=1S/C15H19ClN2S/c1-2-10-6-3-4-8-12(10)17-15-18-13-9-5-7-11(16)14(13)19-15/h5,7,9-10,12H,2-4,6,8H2,1H3,(H,17,18). The van der Waals surface area contributed by atoms with Crippen molar-refractivity contribution in [1.82, 2.24) is 4.98 Å². The van der Waals surface area contributed by atoms with Crippen LogP contribution in [-0.2, 0) is 0 Å². The molecule has 1 aliphatic carbocycles. The minimum Gasteiger partial charge on any atom is -0.358 e. The summed E-state index contributed by atoms with van der Waals surface area (Å²) in [6.07, 6.45) is 6.58. The zero-order valence-corrected chi connectivity index (χ0v) is 12.7. The molecule has 0 radical (unpaired) electrons. The molecule has 3 rings (SSSR count). The van der Waals surface area contributed by atoms with Gasteiger partial charge in [-0.15, -0.1) is 0 Å². The minimum absolute atomic E-state index is 0.582. The average Bonchev–Trinajstić information content (AvgIpc) is 2.83. The zero-order chi connectivity index (χ0) is 13.2. The van der Waals surface area contributed by atoms with E-state index in [1.165, 1.54) is 32.1 Å². The Hall–Kier alpha value is -0.800. The Bertz CT molecular complexity index is 566. The number of thiazole rings is 1. The molecule has 19 heavy (non-hydrogen) atoms. The van der Waals surface area contributed by atoms with Crippen LogP contribution < -0.4 is 5.32 Å². The van der Waals surface area contributed by atoms with E-state index in [0.29, 0.717) is 6.04 Å². The smallest absolute Gasteiger partial charge is 0.184 e. The van der Waals surface area contributed by atoms with Crippen LogP contribution in [-0.4, -0.2) is 11.0 Å². The number of anilines is 1. The first-order chi connectivity index (χ1) is 9.28. The van der Waals surface area contributed by atoms with E-state index >= 15 is 0 Å². The Morgan fingerprint density at radius 2 is 2.21 bits per heavy atom. The Kier molecular flexibility index (Phi) is 3.94. The Labute approximate surface area is 123 Å². The van der Waals surface area contributed by atoms with Crippen molar-refractivity contribution >= 4 is 38.3 Å². The highest BCUT2D eigenvalue weighted by atomic mass is 35.5. The van der Waals surface area contributed by atoms with Gasteiger partial charge in [-0.2, -0.15) is 0 Å². The maximum atomic E-state index is 6.21. The number of nitrogens with zero attached hydrogens (tertiary/aromatic N) is 1. The lowest BCUT2D eigenvalue weighted by Crippen LogP contribution is -2.31. The van der Waals surface area contributed by atoms with Gasteiger partial charge in [0.1, 0.15) is 0 Å². The number of hydrogen-bond donors (Lipinski definition) is 1. The second kappa shape index (κ2) is 5.68. The molecule has 0 amide bonds. The highest BCUT2D eigenvalue weighted by molar-refractivity contribution is 7.22. The first-order valence-electron chi connectivity index (χ1n) is 7.09. The van der Waals surface area contributed by atoms with Crippen LogP contribution in [0.1, 0.15) is 39.0 Å². The summed E-state index contributed by atoms with van der Waals surface area (Å²) in [5, 5.41) is 5.47. The zero-order valence-electron chi connectivity index (χ0n) is 11.2. The first kappa shape index (κ1) is 13.2. The molecule has 1 aliphatic rings. The van der Waals surface area contributed by atoms with Gasteiger partial charge in [-0.25, -0.2) is 4.98 Å². The number of fused-ring (bicyclic) bond motifs is 1. The Morgan fingerprint density at radius 3 is 3.00 bits per heavy atom. The van der Waals surface area contributed by atoms with Crippen molar-refractivity contribution in [2.45, 2.75) is 45.1 Å². The van der Waals surface area contributed by atoms with Crippen LogP contribution in [0, 0.1) is 5.92 Å². The molecule has 0 saturated heterocycles. The number of halogens is 1. The summed E-state index contributed by atoms with van der Waals surface area (Å²) in [6, 6.07) is 6.50. The van der Waals surface area contributed by atoms with Gasteiger partial charge in [0, 0.05) is 6.04 Å². The minimum atomic E-state index is 0.582. The van der Waals surface area contributed by atoms with Gasteiger partial charge in [-0.05, 0) is 30.9 Å². The fraction of sp³-hybridized carbons (Fsp3) is 0.533. The number of nitrogens with one attached hydrogen (secondary N) is 1. The van der Waals surface area contributed by atoms with E-state index in [-0.39, 0.29) is 0 Å². The molecule has 1 aromatic heterocycles. The molecular weight excluding hydrogens is 276 g/mol. The van der Waals surface area contributed by atoms with E-state index in [4.69, 9.17) is 11.6 Å². The van der Waals surface area contributed by atoms with Crippen molar-refractivity contribution in [3.63, 3.8) is 0 Å². The fourth-order valence-electron chi connectivity index (χ4n) is 3.02. The van der Waals surface area contributed by atoms with Crippen molar-refractivity contribution in [3.8, 4) is 0 Å². The van der Waals surface area contributed by atoms with Crippen LogP contribution in [0.2, 0.25) is 5.02 Å². The predicted octanol–water partition coefficient (Wildman–Crippen LogP) is 5.33. The number of benzene rings is 1. The van der Waals surface area contributed by atoms with Crippen molar-refractivity contribution in [2.75, 3.05) is 5.32 Å². The van der Waals surface area contributed by atoms with Crippen molar-refractivity contribution in [3.05, 3.63) is 23.2 Å². The maximum Gasteiger partial charge on any atom is 0.184 e. The van der Waals surface area contributed by atoms with E-state index in [9.17, 15) is 0 Å². The van der Waals surface area contributed by atoms with E-state index in [2.05, 4.69) is 17.2 Å². The summed E-state index contributed by atoms with van der Waals surface area (Å²) in [6.45, 7) is 2.29. The molecule has 1 N–H and O–H groups in total. The van der Waals surface area contributed by atoms with Gasteiger partial charge in [0.15, 0.2) is 5.13 Å². The molecule has 1 saturated carbocycles. The third-order valence-electron chi connectivity index (χ3n) is 4.11. The summed E-state index contributed by atoms with van der Waals surface area (Å²) < 4.78 is 1.09. The average molecular weight is 295 g/mol.